The molecule has 0 saturated carbocycles. The molecule has 0 fully saturated rings. The van der Waals surface area contributed by atoms with Crippen LogP contribution in [0, 0.1) is 0 Å². The molecular weight excluding hydrogens is 212 g/mol. The third kappa shape index (κ3) is 3.06. The Hall–Kier alpha value is -1.84. The molecule has 0 radical (unpaired) electrons. The third-order valence-electron chi connectivity index (χ3n) is 2.71. The molecule has 0 bridgehead atoms. The zero-order valence-electron chi connectivity index (χ0n) is 10.3. The number of hydrogen-bond donors (Lipinski definition) is 1. The second kappa shape index (κ2) is 5.48. The van der Waals surface area contributed by atoms with E-state index in [1.807, 2.05) is 31.7 Å². The van der Waals surface area contributed by atoms with Crippen molar-refractivity contribution in [3.8, 4) is 0 Å². The minimum Gasteiger partial charge on any atom is -0.376 e. The summed E-state index contributed by atoms with van der Waals surface area (Å²) in [6.45, 7) is 2.19. The van der Waals surface area contributed by atoms with Gasteiger partial charge in [-0.1, -0.05) is 19.4 Å². The molecule has 90 valence electrons. The van der Waals surface area contributed by atoms with Gasteiger partial charge < -0.3 is 5.32 Å². The minimum absolute atomic E-state index is 0.304. The molecule has 2 rings (SSSR count). The highest BCUT2D eigenvalue weighted by Gasteiger charge is 2.10. The molecule has 0 saturated heterocycles. The van der Waals surface area contributed by atoms with E-state index in [-0.39, 0.29) is 0 Å². The molecule has 2 aromatic heterocycles. The van der Waals surface area contributed by atoms with Crippen molar-refractivity contribution in [2.24, 2.45) is 7.05 Å². The molecular formula is C13H18N4. The topological polar surface area (TPSA) is 42.7 Å². The third-order valence-corrected chi connectivity index (χ3v) is 2.71. The van der Waals surface area contributed by atoms with Gasteiger partial charge in [0.2, 0.25) is 0 Å². The number of rotatable bonds is 5. The van der Waals surface area contributed by atoms with Crippen molar-refractivity contribution < 1.29 is 0 Å². The number of nitrogens with one attached hydrogen (secondary N) is 1. The quantitative estimate of drug-likeness (QED) is 0.858. The standard InChI is InChI=1S/C13H18N4/c1-3-5-13(11-6-4-7-14-8-11)16-12-9-15-17(2)10-12/h4,6-10,13,16H,3,5H2,1-2H3/t13-/m1/s1. The van der Waals surface area contributed by atoms with Crippen LogP contribution in [0.2, 0.25) is 0 Å². The average Bonchev–Trinajstić information content (AvgIpc) is 2.75. The molecule has 0 aliphatic carbocycles. The first kappa shape index (κ1) is 11.6. The zero-order chi connectivity index (χ0) is 12.1. The lowest BCUT2D eigenvalue weighted by Gasteiger charge is -2.18. The minimum atomic E-state index is 0.304. The van der Waals surface area contributed by atoms with Gasteiger partial charge in [-0.2, -0.15) is 5.10 Å². The summed E-state index contributed by atoms with van der Waals surface area (Å²) in [5.41, 5.74) is 2.27. The molecule has 1 N–H and O–H groups in total. The Morgan fingerprint density at radius 1 is 1.41 bits per heavy atom. The molecule has 0 aliphatic heterocycles. The molecule has 0 aromatic carbocycles. The molecule has 0 unspecified atom stereocenters. The monoisotopic (exact) mass is 230 g/mol. The molecule has 4 nitrogen and oxygen atoms in total. The van der Waals surface area contributed by atoms with E-state index in [1.54, 1.807) is 10.9 Å². The Morgan fingerprint density at radius 3 is 2.88 bits per heavy atom. The summed E-state index contributed by atoms with van der Waals surface area (Å²) in [6.07, 6.45) is 9.77. The molecule has 17 heavy (non-hydrogen) atoms. The van der Waals surface area contributed by atoms with Gasteiger partial charge in [0.25, 0.3) is 0 Å². The molecule has 4 heteroatoms. The fourth-order valence-corrected chi connectivity index (χ4v) is 1.89. The van der Waals surface area contributed by atoms with Gasteiger partial charge in [0.15, 0.2) is 0 Å². The van der Waals surface area contributed by atoms with Crippen molar-refractivity contribution >= 4 is 5.69 Å². The van der Waals surface area contributed by atoms with Gasteiger partial charge in [0.1, 0.15) is 0 Å². The summed E-state index contributed by atoms with van der Waals surface area (Å²) < 4.78 is 1.80. The van der Waals surface area contributed by atoms with Crippen LogP contribution >= 0.6 is 0 Å². The summed E-state index contributed by atoms with van der Waals surface area (Å²) in [5.74, 6) is 0. The maximum atomic E-state index is 4.17. The fraction of sp³-hybridized carbons (Fsp3) is 0.385. The van der Waals surface area contributed by atoms with Crippen LogP contribution in [0.3, 0.4) is 0 Å². The van der Waals surface area contributed by atoms with E-state index in [9.17, 15) is 0 Å². The van der Waals surface area contributed by atoms with Crippen molar-refractivity contribution in [1.29, 1.82) is 0 Å². The van der Waals surface area contributed by atoms with Crippen LogP contribution in [-0.2, 0) is 7.05 Å². The van der Waals surface area contributed by atoms with Gasteiger partial charge in [-0.05, 0) is 18.1 Å². The highest BCUT2D eigenvalue weighted by molar-refractivity contribution is 5.41. The molecule has 2 heterocycles. The van der Waals surface area contributed by atoms with Gasteiger partial charge >= 0.3 is 0 Å². The Balaban J connectivity index is 2.13. The van der Waals surface area contributed by atoms with Crippen molar-refractivity contribution in [1.82, 2.24) is 14.8 Å². The number of anilines is 1. The van der Waals surface area contributed by atoms with Crippen LogP contribution in [0.5, 0.6) is 0 Å². The smallest absolute Gasteiger partial charge is 0.0731 e. The number of aromatic nitrogens is 3. The Bertz CT molecular complexity index is 449. The van der Waals surface area contributed by atoms with E-state index in [4.69, 9.17) is 0 Å². The lowest BCUT2D eigenvalue weighted by molar-refractivity contribution is 0.675. The second-order valence-electron chi connectivity index (χ2n) is 4.17. The number of nitrogens with zero attached hydrogens (tertiary/aromatic N) is 3. The summed E-state index contributed by atoms with van der Waals surface area (Å²) >= 11 is 0. The van der Waals surface area contributed by atoms with Crippen molar-refractivity contribution in [2.45, 2.75) is 25.8 Å². The Labute approximate surface area is 102 Å². The molecule has 1 atom stereocenters. The van der Waals surface area contributed by atoms with Crippen LogP contribution in [0.4, 0.5) is 5.69 Å². The van der Waals surface area contributed by atoms with Crippen LogP contribution in [0.15, 0.2) is 36.9 Å². The predicted octanol–water partition coefficient (Wildman–Crippen LogP) is 2.77. The summed E-state index contributed by atoms with van der Waals surface area (Å²) in [4.78, 5) is 4.17. The Kier molecular flexibility index (Phi) is 3.75. The first-order valence-corrected chi connectivity index (χ1v) is 5.94. The van der Waals surface area contributed by atoms with E-state index in [1.165, 1.54) is 5.56 Å². The van der Waals surface area contributed by atoms with Crippen LogP contribution in [0.1, 0.15) is 31.4 Å². The second-order valence-corrected chi connectivity index (χ2v) is 4.17. The molecule has 0 amide bonds. The van der Waals surface area contributed by atoms with E-state index in [0.717, 1.165) is 18.5 Å². The molecule has 2 aromatic rings. The first-order valence-electron chi connectivity index (χ1n) is 5.94. The highest BCUT2D eigenvalue weighted by Crippen LogP contribution is 2.22. The molecule has 0 spiro atoms. The Morgan fingerprint density at radius 2 is 2.29 bits per heavy atom. The van der Waals surface area contributed by atoms with Crippen LogP contribution in [0.25, 0.3) is 0 Å². The van der Waals surface area contributed by atoms with E-state index in [0.29, 0.717) is 6.04 Å². The predicted molar refractivity (Wildman–Crippen MR) is 68.7 cm³/mol. The lowest BCUT2D eigenvalue weighted by Crippen LogP contribution is -2.10. The van der Waals surface area contributed by atoms with Crippen molar-refractivity contribution in [2.75, 3.05) is 5.32 Å². The van der Waals surface area contributed by atoms with Gasteiger partial charge in [0.05, 0.1) is 17.9 Å². The van der Waals surface area contributed by atoms with E-state index >= 15 is 0 Å². The van der Waals surface area contributed by atoms with Gasteiger partial charge in [-0.15, -0.1) is 0 Å². The lowest BCUT2D eigenvalue weighted by atomic mass is 10.0. The van der Waals surface area contributed by atoms with Gasteiger partial charge in [-0.3, -0.25) is 9.67 Å². The largest absolute Gasteiger partial charge is 0.376 e. The number of hydrogen-bond acceptors (Lipinski definition) is 3. The van der Waals surface area contributed by atoms with Crippen molar-refractivity contribution in [3.63, 3.8) is 0 Å². The highest BCUT2D eigenvalue weighted by atomic mass is 15.3. The summed E-state index contributed by atoms with van der Waals surface area (Å²) in [5, 5.41) is 7.66. The number of pyridine rings is 1. The maximum absolute atomic E-state index is 4.17. The average molecular weight is 230 g/mol. The first-order chi connectivity index (χ1) is 8.29. The fourth-order valence-electron chi connectivity index (χ4n) is 1.89. The maximum Gasteiger partial charge on any atom is 0.0731 e. The summed E-state index contributed by atoms with van der Waals surface area (Å²) in [7, 11) is 1.92. The normalized spacial score (nSPS) is 12.4. The van der Waals surface area contributed by atoms with Crippen LogP contribution in [-0.4, -0.2) is 14.8 Å². The molecule has 0 aliphatic rings. The van der Waals surface area contributed by atoms with Crippen LogP contribution < -0.4 is 5.32 Å². The zero-order valence-corrected chi connectivity index (χ0v) is 10.3. The SMILES string of the molecule is CCC[C@@H](Nc1cnn(C)c1)c1cccnc1. The van der Waals surface area contributed by atoms with Gasteiger partial charge in [-0.25, -0.2) is 0 Å². The van der Waals surface area contributed by atoms with E-state index < -0.39 is 0 Å². The summed E-state index contributed by atoms with van der Waals surface area (Å²) in [6, 6.07) is 4.39. The van der Waals surface area contributed by atoms with Gasteiger partial charge in [0, 0.05) is 25.6 Å². The number of aryl methyl sites for hydroxylation is 1. The van der Waals surface area contributed by atoms with Crippen molar-refractivity contribution in [3.05, 3.63) is 42.5 Å². The van der Waals surface area contributed by atoms with E-state index in [2.05, 4.69) is 28.4 Å².